The van der Waals surface area contributed by atoms with Crippen LogP contribution in [0.1, 0.15) is 29.1 Å². The highest BCUT2D eigenvalue weighted by Gasteiger charge is 2.44. The van der Waals surface area contributed by atoms with E-state index in [0.717, 1.165) is 42.4 Å². The number of hydrogen-bond donors (Lipinski definition) is 0. The third-order valence-electron chi connectivity index (χ3n) is 4.80. The summed E-state index contributed by atoms with van der Waals surface area (Å²) >= 11 is 1.72. The molecule has 0 aromatic carbocycles. The van der Waals surface area contributed by atoms with Crippen molar-refractivity contribution in [2.24, 2.45) is 0 Å². The summed E-state index contributed by atoms with van der Waals surface area (Å²) in [5.74, 6) is 0. The van der Waals surface area contributed by atoms with Crippen molar-refractivity contribution < 1.29 is 9.47 Å². The lowest BCUT2D eigenvalue weighted by molar-refractivity contribution is -0.0819. The Kier molecular flexibility index (Phi) is 4.89. The highest BCUT2D eigenvalue weighted by atomic mass is 32.1. The van der Waals surface area contributed by atoms with Gasteiger partial charge in [0, 0.05) is 43.5 Å². The molecular formula is C18H23N3O2S. The third-order valence-corrected chi connectivity index (χ3v) is 5.62. The van der Waals surface area contributed by atoms with E-state index in [9.17, 15) is 0 Å². The van der Waals surface area contributed by atoms with Crippen molar-refractivity contribution in [2.75, 3.05) is 13.2 Å². The molecule has 0 aliphatic carbocycles. The number of hydrogen-bond acceptors (Lipinski definition) is 6. The average molecular weight is 345 g/mol. The molecule has 4 heterocycles. The minimum atomic E-state index is 0.121. The molecule has 2 aromatic rings. The van der Waals surface area contributed by atoms with Gasteiger partial charge >= 0.3 is 0 Å². The summed E-state index contributed by atoms with van der Waals surface area (Å²) in [6, 6.07) is 4.45. The zero-order chi connectivity index (χ0) is 16.4. The van der Waals surface area contributed by atoms with Crippen molar-refractivity contribution in [3.05, 3.63) is 46.2 Å². The van der Waals surface area contributed by atoms with E-state index in [4.69, 9.17) is 9.47 Å². The molecule has 6 heteroatoms. The van der Waals surface area contributed by atoms with Gasteiger partial charge in [0.05, 0.1) is 23.4 Å². The zero-order valence-corrected chi connectivity index (χ0v) is 14.7. The number of nitrogens with zero attached hydrogens (tertiary/aromatic N) is 3. The Balaban J connectivity index is 1.42. The fourth-order valence-electron chi connectivity index (χ4n) is 3.71. The van der Waals surface area contributed by atoms with Gasteiger partial charge in [-0.25, -0.2) is 4.98 Å². The van der Waals surface area contributed by atoms with Crippen molar-refractivity contribution in [1.29, 1.82) is 0 Å². The van der Waals surface area contributed by atoms with E-state index in [1.807, 2.05) is 12.3 Å². The predicted molar refractivity (Wildman–Crippen MR) is 92.8 cm³/mol. The Labute approximate surface area is 146 Å². The van der Waals surface area contributed by atoms with Gasteiger partial charge < -0.3 is 9.47 Å². The van der Waals surface area contributed by atoms with Crippen LogP contribution < -0.4 is 0 Å². The zero-order valence-electron chi connectivity index (χ0n) is 13.9. The van der Waals surface area contributed by atoms with E-state index in [-0.39, 0.29) is 12.2 Å². The van der Waals surface area contributed by atoms with E-state index >= 15 is 0 Å². The molecule has 4 rings (SSSR count). The molecule has 2 saturated heterocycles. The van der Waals surface area contributed by atoms with Gasteiger partial charge in [-0.15, -0.1) is 11.3 Å². The van der Waals surface area contributed by atoms with E-state index in [2.05, 4.69) is 33.2 Å². The van der Waals surface area contributed by atoms with Crippen LogP contribution in [0.4, 0.5) is 0 Å². The number of aromatic nitrogens is 2. The second kappa shape index (κ2) is 7.27. The number of pyridine rings is 1. The highest BCUT2D eigenvalue weighted by molar-refractivity contribution is 7.09. The number of fused-ring (bicyclic) bond motifs is 1. The molecule has 3 atom stereocenters. The average Bonchev–Trinajstić information content (AvgIpc) is 3.18. The lowest BCUT2D eigenvalue weighted by atomic mass is 10.0. The van der Waals surface area contributed by atoms with E-state index in [1.54, 1.807) is 17.5 Å². The first kappa shape index (κ1) is 16.1. The molecular weight excluding hydrogens is 322 g/mol. The Morgan fingerprint density at radius 3 is 3.21 bits per heavy atom. The molecule has 2 fully saturated rings. The van der Waals surface area contributed by atoms with Crippen molar-refractivity contribution in [1.82, 2.24) is 14.9 Å². The summed E-state index contributed by atoms with van der Waals surface area (Å²) in [4.78, 5) is 11.3. The molecule has 0 unspecified atom stereocenters. The van der Waals surface area contributed by atoms with Crippen LogP contribution in [0.5, 0.6) is 0 Å². The largest absolute Gasteiger partial charge is 0.374 e. The van der Waals surface area contributed by atoms with Crippen molar-refractivity contribution in [3.8, 4) is 0 Å². The molecule has 24 heavy (non-hydrogen) atoms. The standard InChI is InChI=1S/C18H23N3O2S/c1-13-20-15(12-24-13)9-21-10-17(18-16(21)5-3-7-22-18)23-11-14-4-2-6-19-8-14/h2,4,6,8,12,16-18H,3,5,7,9-11H2,1H3/t16-,17+,18+/m1/s1. The molecule has 2 aromatic heterocycles. The minimum Gasteiger partial charge on any atom is -0.374 e. The first-order chi connectivity index (χ1) is 11.8. The molecule has 0 radical (unpaired) electrons. The van der Waals surface area contributed by atoms with Gasteiger partial charge in [-0.05, 0) is 31.4 Å². The topological polar surface area (TPSA) is 47.5 Å². The van der Waals surface area contributed by atoms with Gasteiger partial charge in [0.1, 0.15) is 6.10 Å². The fourth-order valence-corrected chi connectivity index (χ4v) is 4.31. The first-order valence-corrected chi connectivity index (χ1v) is 9.45. The van der Waals surface area contributed by atoms with Gasteiger partial charge in [0.25, 0.3) is 0 Å². The predicted octanol–water partition coefficient (Wildman–Crippen LogP) is 2.80. The maximum atomic E-state index is 6.21. The normalized spacial score (nSPS) is 27.3. The molecule has 2 aliphatic heterocycles. The Morgan fingerprint density at radius 2 is 2.42 bits per heavy atom. The summed E-state index contributed by atoms with van der Waals surface area (Å²) in [6.45, 7) is 5.30. The maximum absolute atomic E-state index is 6.21. The van der Waals surface area contributed by atoms with E-state index in [0.29, 0.717) is 12.6 Å². The smallest absolute Gasteiger partial charge is 0.100 e. The summed E-state index contributed by atoms with van der Waals surface area (Å²) in [7, 11) is 0. The van der Waals surface area contributed by atoms with Crippen molar-refractivity contribution in [3.63, 3.8) is 0 Å². The number of aryl methyl sites for hydroxylation is 1. The summed E-state index contributed by atoms with van der Waals surface area (Å²) < 4.78 is 12.3. The van der Waals surface area contributed by atoms with Crippen LogP contribution in [-0.4, -0.2) is 46.3 Å². The molecule has 0 amide bonds. The minimum absolute atomic E-state index is 0.121. The second-order valence-corrected chi connectivity index (χ2v) is 7.61. The van der Waals surface area contributed by atoms with Crippen LogP contribution in [0.2, 0.25) is 0 Å². The summed E-state index contributed by atoms with van der Waals surface area (Å²) in [5.41, 5.74) is 2.27. The Morgan fingerprint density at radius 1 is 1.46 bits per heavy atom. The number of thiazole rings is 1. The van der Waals surface area contributed by atoms with Gasteiger partial charge in [0.15, 0.2) is 0 Å². The molecule has 0 spiro atoms. The van der Waals surface area contributed by atoms with Gasteiger partial charge in [0.2, 0.25) is 0 Å². The van der Waals surface area contributed by atoms with E-state index < -0.39 is 0 Å². The van der Waals surface area contributed by atoms with Crippen LogP contribution in [-0.2, 0) is 22.6 Å². The van der Waals surface area contributed by atoms with Crippen LogP contribution in [0.3, 0.4) is 0 Å². The summed E-state index contributed by atoms with van der Waals surface area (Å²) in [6.07, 6.45) is 6.26. The Bertz CT molecular complexity index is 663. The molecule has 2 aliphatic rings. The number of rotatable bonds is 5. The summed E-state index contributed by atoms with van der Waals surface area (Å²) in [5, 5.41) is 3.29. The molecule has 5 nitrogen and oxygen atoms in total. The van der Waals surface area contributed by atoms with Crippen molar-refractivity contribution in [2.45, 2.75) is 51.2 Å². The first-order valence-electron chi connectivity index (χ1n) is 8.57. The fraction of sp³-hybridized carbons (Fsp3) is 0.556. The quantitative estimate of drug-likeness (QED) is 0.834. The maximum Gasteiger partial charge on any atom is 0.100 e. The van der Waals surface area contributed by atoms with Gasteiger partial charge in [-0.3, -0.25) is 9.88 Å². The molecule has 128 valence electrons. The van der Waals surface area contributed by atoms with Crippen LogP contribution >= 0.6 is 11.3 Å². The number of ether oxygens (including phenoxy) is 2. The SMILES string of the molecule is Cc1nc(CN2C[C@H](OCc3cccnc3)[C@H]3OCCC[C@H]32)cs1. The number of likely N-dealkylation sites (tertiary alicyclic amines) is 1. The van der Waals surface area contributed by atoms with Gasteiger partial charge in [-0.1, -0.05) is 6.07 Å². The van der Waals surface area contributed by atoms with Crippen LogP contribution in [0.15, 0.2) is 29.9 Å². The monoisotopic (exact) mass is 345 g/mol. The van der Waals surface area contributed by atoms with E-state index in [1.165, 1.54) is 6.42 Å². The Hall–Kier alpha value is -1.34. The second-order valence-electron chi connectivity index (χ2n) is 6.54. The third kappa shape index (κ3) is 3.52. The van der Waals surface area contributed by atoms with Crippen LogP contribution in [0.25, 0.3) is 0 Å². The molecule has 0 saturated carbocycles. The lowest BCUT2D eigenvalue weighted by Gasteiger charge is -2.32. The van der Waals surface area contributed by atoms with Crippen LogP contribution in [0, 0.1) is 6.92 Å². The molecule has 0 bridgehead atoms. The van der Waals surface area contributed by atoms with Crippen molar-refractivity contribution >= 4 is 11.3 Å². The molecule has 0 N–H and O–H groups in total. The lowest BCUT2D eigenvalue weighted by Crippen LogP contribution is -2.41. The van der Waals surface area contributed by atoms with Gasteiger partial charge in [-0.2, -0.15) is 0 Å². The highest BCUT2D eigenvalue weighted by Crippen LogP contribution is 2.32.